The van der Waals surface area contributed by atoms with E-state index in [1.165, 1.54) is 18.4 Å². The van der Waals surface area contributed by atoms with Crippen LogP contribution in [0.15, 0.2) is 42.6 Å². The Morgan fingerprint density at radius 1 is 1.16 bits per heavy atom. The van der Waals surface area contributed by atoms with Gasteiger partial charge in [0.2, 0.25) is 5.88 Å². The van der Waals surface area contributed by atoms with Gasteiger partial charge < -0.3 is 19.7 Å². The van der Waals surface area contributed by atoms with Crippen molar-refractivity contribution in [3.63, 3.8) is 0 Å². The van der Waals surface area contributed by atoms with Crippen molar-refractivity contribution in [2.24, 2.45) is 5.92 Å². The maximum atomic E-state index is 11.8. The van der Waals surface area contributed by atoms with Crippen molar-refractivity contribution in [3.8, 4) is 22.8 Å². The molecule has 1 aliphatic heterocycles. The van der Waals surface area contributed by atoms with Crippen molar-refractivity contribution >= 4 is 27.8 Å². The van der Waals surface area contributed by atoms with Gasteiger partial charge in [0.05, 0.1) is 36.3 Å². The lowest BCUT2D eigenvalue weighted by atomic mass is 9.88. The quantitative estimate of drug-likeness (QED) is 0.331. The highest BCUT2D eigenvalue weighted by molar-refractivity contribution is 6.07. The number of aromatic nitrogens is 2. The molecule has 1 fully saturated rings. The Bertz CT molecular complexity index is 1500. The SMILES string of the molecule is CC(C)(C)O.Cc1cc2nc(OCC3CC3)ccc2c(-c2ccc3c4c(ccnc24)CCO3)c1CC(=O)O. The number of carboxylic acid groups (broad SMARTS) is 1. The molecule has 6 rings (SSSR count). The molecule has 0 atom stereocenters. The first-order valence-electron chi connectivity index (χ1n) is 13.1. The van der Waals surface area contributed by atoms with Gasteiger partial charge >= 0.3 is 5.97 Å². The molecule has 2 aromatic heterocycles. The van der Waals surface area contributed by atoms with Gasteiger partial charge in [-0.2, -0.15) is 0 Å². The largest absolute Gasteiger partial charge is 0.493 e. The van der Waals surface area contributed by atoms with E-state index in [0.29, 0.717) is 25.0 Å². The smallest absolute Gasteiger partial charge is 0.307 e. The average Bonchev–Trinajstić information content (AvgIpc) is 3.68. The highest BCUT2D eigenvalue weighted by Crippen LogP contribution is 2.42. The van der Waals surface area contributed by atoms with Gasteiger partial charge in [0.1, 0.15) is 5.75 Å². The number of carbonyl (C=O) groups is 1. The Labute approximate surface area is 222 Å². The number of rotatable bonds is 6. The van der Waals surface area contributed by atoms with Gasteiger partial charge in [0.25, 0.3) is 0 Å². The van der Waals surface area contributed by atoms with Crippen LogP contribution in [0.3, 0.4) is 0 Å². The number of fused-ring (bicyclic) bond motifs is 1. The van der Waals surface area contributed by atoms with E-state index in [2.05, 4.69) is 0 Å². The van der Waals surface area contributed by atoms with Crippen molar-refractivity contribution in [3.05, 3.63) is 59.3 Å². The molecule has 2 aliphatic rings. The Morgan fingerprint density at radius 3 is 2.63 bits per heavy atom. The first kappa shape index (κ1) is 25.9. The predicted molar refractivity (Wildman–Crippen MR) is 148 cm³/mol. The summed E-state index contributed by atoms with van der Waals surface area (Å²) in [6.07, 6.45) is 5.02. The van der Waals surface area contributed by atoms with E-state index in [4.69, 9.17) is 24.5 Å². The molecule has 4 aromatic rings. The summed E-state index contributed by atoms with van der Waals surface area (Å²) in [5.41, 5.74) is 5.77. The molecule has 7 heteroatoms. The van der Waals surface area contributed by atoms with Crippen LogP contribution in [0, 0.1) is 12.8 Å². The topological polar surface area (TPSA) is 102 Å². The fourth-order valence-corrected chi connectivity index (χ4v) is 4.79. The van der Waals surface area contributed by atoms with Crippen LogP contribution in [-0.4, -0.2) is 45.0 Å². The molecule has 3 heterocycles. The summed E-state index contributed by atoms with van der Waals surface area (Å²) in [6.45, 7) is 8.52. The summed E-state index contributed by atoms with van der Waals surface area (Å²) in [5, 5.41) is 20.1. The van der Waals surface area contributed by atoms with Crippen LogP contribution in [0.4, 0.5) is 0 Å². The number of hydrogen-bond donors (Lipinski definition) is 2. The number of aliphatic carboxylic acids is 1. The van der Waals surface area contributed by atoms with Crippen LogP contribution >= 0.6 is 0 Å². The molecule has 0 radical (unpaired) electrons. The maximum absolute atomic E-state index is 11.8. The molecule has 0 unspecified atom stereocenters. The molecule has 0 spiro atoms. The molecule has 2 N–H and O–H groups in total. The van der Waals surface area contributed by atoms with E-state index < -0.39 is 11.6 Å². The minimum atomic E-state index is -0.866. The van der Waals surface area contributed by atoms with Gasteiger partial charge in [-0.15, -0.1) is 0 Å². The standard InChI is InChI=1S/C27H24N2O4.C4H10O/c1-15-12-21-18(5-7-23(29-21)33-14-16-2-3-16)26(20(15)13-24(30)31)19-4-6-22-25-17(9-11-32-22)8-10-28-27(19)25;1-4(2,3)5/h4-8,10,12,16H,2-3,9,11,13-14H2,1H3,(H,30,31);5H,1-3H3. The molecule has 1 aliphatic carbocycles. The van der Waals surface area contributed by atoms with Crippen LogP contribution in [0.1, 0.15) is 50.3 Å². The Hall–Kier alpha value is -3.71. The monoisotopic (exact) mass is 514 g/mol. The third-order valence-corrected chi connectivity index (χ3v) is 6.63. The predicted octanol–water partition coefficient (Wildman–Crippen LogP) is 5.89. The molecular formula is C31H34N2O5. The molecule has 1 saturated carbocycles. The number of nitrogens with zero attached hydrogens (tertiary/aromatic N) is 2. The molecule has 0 bridgehead atoms. The first-order valence-corrected chi connectivity index (χ1v) is 13.1. The highest BCUT2D eigenvalue weighted by Gasteiger charge is 2.24. The van der Waals surface area contributed by atoms with Crippen molar-refractivity contribution in [2.45, 2.75) is 59.0 Å². The van der Waals surface area contributed by atoms with E-state index in [-0.39, 0.29) is 6.42 Å². The van der Waals surface area contributed by atoms with Gasteiger partial charge in [-0.25, -0.2) is 4.98 Å². The van der Waals surface area contributed by atoms with Crippen LogP contribution in [-0.2, 0) is 17.6 Å². The Morgan fingerprint density at radius 2 is 1.92 bits per heavy atom. The van der Waals surface area contributed by atoms with Crippen LogP contribution in [0.2, 0.25) is 0 Å². The molecule has 0 amide bonds. The van der Waals surface area contributed by atoms with Gasteiger partial charge in [0.15, 0.2) is 0 Å². The second-order valence-corrected chi connectivity index (χ2v) is 11.2. The number of hydrogen-bond acceptors (Lipinski definition) is 6. The third kappa shape index (κ3) is 5.73. The van der Waals surface area contributed by atoms with Crippen molar-refractivity contribution in [1.82, 2.24) is 9.97 Å². The van der Waals surface area contributed by atoms with Crippen LogP contribution in [0.5, 0.6) is 11.6 Å². The number of pyridine rings is 2. The molecule has 2 aromatic carbocycles. The second kappa shape index (κ2) is 10.2. The van der Waals surface area contributed by atoms with E-state index in [9.17, 15) is 9.90 Å². The number of carboxylic acids is 1. The molecular weight excluding hydrogens is 480 g/mol. The van der Waals surface area contributed by atoms with Gasteiger partial charge in [-0.1, -0.05) is 0 Å². The van der Waals surface area contributed by atoms with E-state index >= 15 is 0 Å². The minimum Gasteiger partial charge on any atom is -0.493 e. The summed E-state index contributed by atoms with van der Waals surface area (Å²) in [7, 11) is 0. The normalized spacial score (nSPS) is 14.6. The minimum absolute atomic E-state index is 0.0729. The van der Waals surface area contributed by atoms with Crippen molar-refractivity contribution < 1.29 is 24.5 Å². The zero-order valence-electron chi connectivity index (χ0n) is 22.4. The van der Waals surface area contributed by atoms with E-state index in [0.717, 1.165) is 56.2 Å². The summed E-state index contributed by atoms with van der Waals surface area (Å²) < 4.78 is 11.8. The zero-order chi connectivity index (χ0) is 27.0. The van der Waals surface area contributed by atoms with E-state index in [1.807, 2.05) is 49.5 Å². The number of benzene rings is 2. The summed E-state index contributed by atoms with van der Waals surface area (Å²) in [4.78, 5) is 21.3. The van der Waals surface area contributed by atoms with Crippen LogP contribution < -0.4 is 9.47 Å². The van der Waals surface area contributed by atoms with Crippen molar-refractivity contribution in [1.29, 1.82) is 0 Å². The van der Waals surface area contributed by atoms with Crippen molar-refractivity contribution in [2.75, 3.05) is 13.2 Å². The molecule has 7 nitrogen and oxygen atoms in total. The lowest BCUT2D eigenvalue weighted by molar-refractivity contribution is -0.136. The van der Waals surface area contributed by atoms with Gasteiger partial charge in [-0.3, -0.25) is 9.78 Å². The fraction of sp³-hybridized carbons (Fsp3) is 0.387. The molecule has 0 saturated heterocycles. The summed E-state index contributed by atoms with van der Waals surface area (Å²) in [5.74, 6) is 1.21. The van der Waals surface area contributed by atoms with Gasteiger partial charge in [-0.05, 0) is 99.0 Å². The summed E-state index contributed by atoms with van der Waals surface area (Å²) >= 11 is 0. The zero-order valence-corrected chi connectivity index (χ0v) is 22.4. The molecule has 38 heavy (non-hydrogen) atoms. The second-order valence-electron chi connectivity index (χ2n) is 11.2. The first-order chi connectivity index (χ1) is 18.1. The number of aryl methyl sites for hydroxylation is 1. The maximum Gasteiger partial charge on any atom is 0.307 e. The Kier molecular flexibility index (Phi) is 6.97. The average molecular weight is 515 g/mol. The fourth-order valence-electron chi connectivity index (χ4n) is 4.79. The van der Waals surface area contributed by atoms with E-state index in [1.54, 1.807) is 20.8 Å². The summed E-state index contributed by atoms with van der Waals surface area (Å²) in [6, 6.07) is 11.9. The molecule has 198 valence electrons. The van der Waals surface area contributed by atoms with Gasteiger partial charge in [0, 0.05) is 35.0 Å². The lowest BCUT2D eigenvalue weighted by Crippen LogP contribution is -2.10. The number of aliphatic hydroxyl groups is 1. The number of ether oxygens (including phenoxy) is 2. The Balaban J connectivity index is 0.000000540. The highest BCUT2D eigenvalue weighted by atomic mass is 16.5. The van der Waals surface area contributed by atoms with Crippen LogP contribution in [0.25, 0.3) is 32.9 Å². The third-order valence-electron chi connectivity index (χ3n) is 6.63. The lowest BCUT2D eigenvalue weighted by Gasteiger charge is -2.21.